The molecule has 0 amide bonds. The summed E-state index contributed by atoms with van der Waals surface area (Å²) >= 11 is 0. The highest BCUT2D eigenvalue weighted by Gasteiger charge is 2.34. The van der Waals surface area contributed by atoms with E-state index < -0.39 is 17.7 Å². The molecule has 0 aliphatic heterocycles. The predicted molar refractivity (Wildman–Crippen MR) is 95.1 cm³/mol. The molecular formula is C21H16F4O2. The number of benzene rings is 3. The molecule has 0 aliphatic rings. The normalized spacial score (nSPS) is 11.9. The van der Waals surface area contributed by atoms with Crippen LogP contribution in [0.4, 0.5) is 17.6 Å². The first-order valence-corrected chi connectivity index (χ1v) is 8.19. The predicted octanol–water partition coefficient (Wildman–Crippen LogP) is 6.20. The second kappa shape index (κ2) is 7.70. The molecule has 6 heteroatoms. The molecule has 0 saturated carbocycles. The summed E-state index contributed by atoms with van der Waals surface area (Å²) in [5, 5.41) is 0.641. The molecule has 0 aromatic heterocycles. The molecule has 0 radical (unpaired) electrons. The van der Waals surface area contributed by atoms with E-state index in [1.165, 1.54) is 42.5 Å². The third kappa shape index (κ3) is 4.39. The Bertz CT molecular complexity index is 966. The first kappa shape index (κ1) is 18.8. The minimum atomic E-state index is -3.60. The zero-order valence-electron chi connectivity index (χ0n) is 14.4. The summed E-state index contributed by atoms with van der Waals surface area (Å²) in [6.45, 7) is 2.19. The van der Waals surface area contributed by atoms with Crippen molar-refractivity contribution < 1.29 is 27.0 Å². The van der Waals surface area contributed by atoms with E-state index in [1.807, 2.05) is 13.0 Å². The largest absolute Gasteiger partial charge is 0.490 e. The van der Waals surface area contributed by atoms with E-state index in [0.29, 0.717) is 17.7 Å². The van der Waals surface area contributed by atoms with Crippen LogP contribution in [0.2, 0.25) is 0 Å². The number of allylic oxidation sites excluding steroid dienone is 1. The molecule has 0 heterocycles. The highest BCUT2D eigenvalue weighted by molar-refractivity contribution is 5.84. The molecule has 0 spiro atoms. The molecule has 0 fully saturated rings. The Balaban J connectivity index is 1.79. The molecule has 3 aromatic rings. The smallest absolute Gasteiger partial charge is 0.426 e. The van der Waals surface area contributed by atoms with Gasteiger partial charge in [-0.05, 0) is 66.2 Å². The average Bonchev–Trinajstić information content (AvgIpc) is 2.63. The van der Waals surface area contributed by atoms with Crippen molar-refractivity contribution in [3.8, 4) is 11.5 Å². The van der Waals surface area contributed by atoms with Gasteiger partial charge in [0.25, 0.3) is 0 Å². The van der Waals surface area contributed by atoms with E-state index in [-0.39, 0.29) is 16.7 Å². The number of halogens is 4. The number of hydrogen-bond acceptors (Lipinski definition) is 2. The highest BCUT2D eigenvalue weighted by Crippen LogP contribution is 2.34. The Morgan fingerprint density at radius 1 is 0.852 bits per heavy atom. The van der Waals surface area contributed by atoms with Gasteiger partial charge >= 0.3 is 6.11 Å². The van der Waals surface area contributed by atoms with E-state index >= 15 is 0 Å². The lowest BCUT2D eigenvalue weighted by Crippen LogP contribution is -2.21. The maximum atomic E-state index is 14.4. The molecular weight excluding hydrogens is 360 g/mol. The summed E-state index contributed by atoms with van der Waals surface area (Å²) in [5.41, 5.74) is -0.355. The minimum absolute atomic E-state index is 0.160. The van der Waals surface area contributed by atoms with Crippen molar-refractivity contribution in [2.45, 2.75) is 13.0 Å². The topological polar surface area (TPSA) is 18.5 Å². The first-order chi connectivity index (χ1) is 12.9. The third-order valence-electron chi connectivity index (χ3n) is 3.87. The van der Waals surface area contributed by atoms with Crippen molar-refractivity contribution in [2.24, 2.45) is 0 Å². The molecule has 0 N–H and O–H groups in total. The Hall–Kier alpha value is -3.02. The molecule has 0 saturated heterocycles. The van der Waals surface area contributed by atoms with Crippen LogP contribution in [0, 0.1) is 11.6 Å². The van der Waals surface area contributed by atoms with Crippen LogP contribution in [0.1, 0.15) is 12.5 Å². The Morgan fingerprint density at radius 2 is 1.48 bits per heavy atom. The molecule has 0 atom stereocenters. The van der Waals surface area contributed by atoms with Gasteiger partial charge in [0.15, 0.2) is 11.6 Å². The van der Waals surface area contributed by atoms with E-state index in [0.717, 1.165) is 12.1 Å². The molecule has 3 aromatic carbocycles. The summed E-state index contributed by atoms with van der Waals surface area (Å²) in [7, 11) is 0. The highest BCUT2D eigenvalue weighted by atomic mass is 19.3. The van der Waals surface area contributed by atoms with Crippen molar-refractivity contribution in [1.29, 1.82) is 0 Å². The van der Waals surface area contributed by atoms with Gasteiger partial charge in [-0.1, -0.05) is 18.2 Å². The van der Waals surface area contributed by atoms with Crippen LogP contribution in [0.25, 0.3) is 10.8 Å². The molecule has 0 bridgehead atoms. The number of fused-ring (bicyclic) bond motifs is 1. The van der Waals surface area contributed by atoms with Gasteiger partial charge in [-0.2, -0.15) is 8.78 Å². The second-order valence-electron chi connectivity index (χ2n) is 5.80. The van der Waals surface area contributed by atoms with Crippen LogP contribution >= 0.6 is 0 Å². The monoisotopic (exact) mass is 376 g/mol. The van der Waals surface area contributed by atoms with Crippen LogP contribution in [-0.2, 0) is 6.11 Å². The summed E-state index contributed by atoms with van der Waals surface area (Å²) in [4.78, 5) is 0. The van der Waals surface area contributed by atoms with Crippen LogP contribution in [-0.4, -0.2) is 6.61 Å². The summed E-state index contributed by atoms with van der Waals surface area (Å²) in [6.07, 6.45) is 0.00827. The van der Waals surface area contributed by atoms with Crippen molar-refractivity contribution >= 4 is 10.8 Å². The van der Waals surface area contributed by atoms with E-state index in [1.54, 1.807) is 6.08 Å². The second-order valence-corrected chi connectivity index (χ2v) is 5.80. The summed E-state index contributed by atoms with van der Waals surface area (Å²) < 4.78 is 65.6. The van der Waals surface area contributed by atoms with Gasteiger partial charge in [-0.3, -0.25) is 0 Å². The zero-order valence-corrected chi connectivity index (χ0v) is 14.4. The van der Waals surface area contributed by atoms with Crippen LogP contribution in [0.5, 0.6) is 11.5 Å². The molecule has 27 heavy (non-hydrogen) atoms. The van der Waals surface area contributed by atoms with Crippen molar-refractivity contribution in [3.05, 3.63) is 83.9 Å². The molecule has 3 rings (SSSR count). The van der Waals surface area contributed by atoms with E-state index in [4.69, 9.17) is 9.47 Å². The fourth-order valence-corrected chi connectivity index (χ4v) is 2.48. The fourth-order valence-electron chi connectivity index (χ4n) is 2.48. The molecule has 2 nitrogen and oxygen atoms in total. The van der Waals surface area contributed by atoms with Crippen LogP contribution in [0.15, 0.2) is 66.7 Å². The maximum absolute atomic E-state index is 14.4. The molecule has 140 valence electrons. The lowest BCUT2D eigenvalue weighted by Gasteiger charge is -2.19. The molecule has 0 unspecified atom stereocenters. The van der Waals surface area contributed by atoms with Crippen LogP contribution in [0.3, 0.4) is 0 Å². The summed E-state index contributed by atoms with van der Waals surface area (Å²) in [5.74, 6) is -1.76. The Kier molecular flexibility index (Phi) is 5.35. The first-order valence-electron chi connectivity index (χ1n) is 8.19. The number of rotatable bonds is 6. The van der Waals surface area contributed by atoms with Crippen LogP contribution < -0.4 is 9.47 Å². The average molecular weight is 376 g/mol. The number of hydrogen-bond donors (Lipinski definition) is 0. The van der Waals surface area contributed by atoms with Gasteiger partial charge in [0, 0.05) is 0 Å². The zero-order chi connectivity index (χ0) is 19.4. The lowest BCUT2D eigenvalue weighted by atomic mass is 10.1. The quantitative estimate of drug-likeness (QED) is 0.377. The van der Waals surface area contributed by atoms with Gasteiger partial charge in [0.2, 0.25) is 0 Å². The number of ether oxygens (including phenoxy) is 2. The van der Waals surface area contributed by atoms with Gasteiger partial charge in [-0.15, -0.1) is 0 Å². The summed E-state index contributed by atoms with van der Waals surface area (Å²) in [6, 6.07) is 11.1. The Morgan fingerprint density at radius 3 is 2.15 bits per heavy atom. The maximum Gasteiger partial charge on any atom is 0.426 e. The van der Waals surface area contributed by atoms with Gasteiger partial charge in [-0.25, -0.2) is 8.78 Å². The third-order valence-corrected chi connectivity index (χ3v) is 3.87. The van der Waals surface area contributed by atoms with E-state index in [2.05, 4.69) is 0 Å². The van der Waals surface area contributed by atoms with Gasteiger partial charge < -0.3 is 9.47 Å². The Labute approximate surface area is 153 Å². The molecule has 0 aliphatic carbocycles. The standard InChI is InChI=1S/C21H16F4O2/c1-2-3-10-26-17-8-5-16(6-9-17)21(24,25)27-18-7-4-14-12-19(22)20(23)13-15(14)11-18/h2-9,11-13H,10H2,1H3. The van der Waals surface area contributed by atoms with Crippen molar-refractivity contribution in [2.75, 3.05) is 6.61 Å². The van der Waals surface area contributed by atoms with Crippen molar-refractivity contribution in [3.63, 3.8) is 0 Å². The lowest BCUT2D eigenvalue weighted by molar-refractivity contribution is -0.185. The van der Waals surface area contributed by atoms with Gasteiger partial charge in [0.1, 0.15) is 18.1 Å². The number of alkyl halides is 2. The minimum Gasteiger partial charge on any atom is -0.490 e. The van der Waals surface area contributed by atoms with Crippen molar-refractivity contribution in [1.82, 2.24) is 0 Å². The van der Waals surface area contributed by atoms with E-state index in [9.17, 15) is 17.6 Å². The SMILES string of the molecule is CC=CCOc1ccc(C(F)(F)Oc2ccc3cc(F)c(F)cc3c2)cc1. The fraction of sp³-hybridized carbons (Fsp3) is 0.143. The van der Waals surface area contributed by atoms with Gasteiger partial charge in [0.05, 0.1) is 5.56 Å².